The van der Waals surface area contributed by atoms with Crippen molar-refractivity contribution in [2.45, 2.75) is 32.1 Å². The monoisotopic (exact) mass is 450 g/mol. The molecule has 126 valence electrons. The number of halogens is 2. The summed E-state index contributed by atoms with van der Waals surface area (Å²) in [4.78, 5) is 13.5. The Morgan fingerprint density at radius 2 is 2.17 bits per heavy atom. The molecule has 6 nitrogen and oxygen atoms in total. The summed E-state index contributed by atoms with van der Waals surface area (Å²) in [5.74, 6) is 0. The third-order valence-corrected chi connectivity index (χ3v) is 5.14. The van der Waals surface area contributed by atoms with Gasteiger partial charge in [0.15, 0.2) is 6.29 Å². The molecule has 0 spiro atoms. The number of hydrogen-bond acceptors (Lipinski definition) is 5. The van der Waals surface area contributed by atoms with Crippen LogP contribution in [0.5, 0.6) is 0 Å². The molecular formula is C15H20ClIN4O2. The molecule has 1 saturated heterocycles. The largest absolute Gasteiger partial charge is 0.450 e. The van der Waals surface area contributed by atoms with Crippen molar-refractivity contribution >= 4 is 51.7 Å². The molecule has 8 heteroatoms. The van der Waals surface area contributed by atoms with Crippen LogP contribution in [0.25, 0.3) is 0 Å². The molecule has 1 atom stereocenters. The third-order valence-electron chi connectivity index (χ3n) is 4.07. The van der Waals surface area contributed by atoms with Crippen LogP contribution in [0.2, 0.25) is 5.02 Å². The maximum Gasteiger partial charge on any atom is 0.409 e. The summed E-state index contributed by atoms with van der Waals surface area (Å²) >= 11 is 8.37. The van der Waals surface area contributed by atoms with E-state index in [1.165, 1.54) is 0 Å². The average Bonchev–Trinajstić information content (AvgIpc) is 2.91. The molecule has 0 saturated carbocycles. The topological polar surface area (TPSA) is 65.6 Å². The lowest BCUT2D eigenvalue weighted by Crippen LogP contribution is -2.51. The van der Waals surface area contributed by atoms with Crippen LogP contribution in [-0.2, 0) is 4.74 Å². The maximum absolute atomic E-state index is 11.7. The van der Waals surface area contributed by atoms with E-state index in [2.05, 4.69) is 38.5 Å². The molecule has 0 radical (unpaired) electrons. The molecule has 0 aromatic heterocycles. The summed E-state index contributed by atoms with van der Waals surface area (Å²) in [5, 5.41) is 11.1. The SMILES string of the molecule is CCOC(=O)N1CCC(NC2Nc3cc(Cl)cc(I)c3N2)CC1. The molecule has 0 aliphatic carbocycles. The van der Waals surface area contributed by atoms with Crippen LogP contribution in [0.15, 0.2) is 12.1 Å². The van der Waals surface area contributed by atoms with Crippen molar-refractivity contribution in [3.63, 3.8) is 0 Å². The summed E-state index contributed by atoms with van der Waals surface area (Å²) in [7, 11) is 0. The van der Waals surface area contributed by atoms with Gasteiger partial charge in [-0.3, -0.25) is 5.32 Å². The lowest BCUT2D eigenvalue weighted by atomic mass is 10.1. The number of carbonyl (C=O) groups is 1. The summed E-state index contributed by atoms with van der Waals surface area (Å²) in [5.41, 5.74) is 2.10. The lowest BCUT2D eigenvalue weighted by molar-refractivity contribution is 0.0947. The molecule has 2 aliphatic heterocycles. The van der Waals surface area contributed by atoms with Crippen LogP contribution in [0.4, 0.5) is 16.2 Å². The minimum atomic E-state index is -0.209. The van der Waals surface area contributed by atoms with Gasteiger partial charge in [0.05, 0.1) is 18.0 Å². The van der Waals surface area contributed by atoms with Crippen molar-refractivity contribution in [3.05, 3.63) is 20.7 Å². The van der Waals surface area contributed by atoms with Gasteiger partial charge in [0.2, 0.25) is 0 Å². The predicted octanol–water partition coefficient (Wildman–Crippen LogP) is 3.28. The van der Waals surface area contributed by atoms with Gasteiger partial charge in [0.25, 0.3) is 0 Å². The molecule has 1 fully saturated rings. The van der Waals surface area contributed by atoms with Crippen molar-refractivity contribution < 1.29 is 9.53 Å². The molecule has 0 bridgehead atoms. The molecule has 23 heavy (non-hydrogen) atoms. The minimum Gasteiger partial charge on any atom is -0.450 e. The van der Waals surface area contributed by atoms with Crippen LogP contribution < -0.4 is 16.0 Å². The maximum atomic E-state index is 11.7. The molecule has 1 aromatic carbocycles. The highest BCUT2D eigenvalue weighted by Gasteiger charge is 2.28. The van der Waals surface area contributed by atoms with E-state index in [1.54, 1.807) is 4.90 Å². The predicted molar refractivity (Wildman–Crippen MR) is 100.0 cm³/mol. The molecule has 2 heterocycles. The van der Waals surface area contributed by atoms with E-state index in [-0.39, 0.29) is 12.4 Å². The zero-order chi connectivity index (χ0) is 16.4. The first-order valence-corrected chi connectivity index (χ1v) is 9.22. The van der Waals surface area contributed by atoms with E-state index >= 15 is 0 Å². The number of ether oxygens (including phenoxy) is 1. The Hall–Kier alpha value is -0.930. The summed E-state index contributed by atoms with van der Waals surface area (Å²) in [6.07, 6.45) is 1.59. The fourth-order valence-corrected chi connectivity index (χ4v) is 4.12. The van der Waals surface area contributed by atoms with Gasteiger partial charge >= 0.3 is 6.09 Å². The van der Waals surface area contributed by atoms with Crippen molar-refractivity contribution in [3.8, 4) is 0 Å². The second-order valence-corrected chi connectivity index (χ2v) is 7.26. The zero-order valence-corrected chi connectivity index (χ0v) is 15.8. The van der Waals surface area contributed by atoms with Gasteiger partial charge in [-0.05, 0) is 54.5 Å². The van der Waals surface area contributed by atoms with Gasteiger partial charge in [-0.15, -0.1) is 0 Å². The normalized spacial score (nSPS) is 20.7. The van der Waals surface area contributed by atoms with Crippen LogP contribution in [0.1, 0.15) is 19.8 Å². The standard InChI is InChI=1S/C15H20ClIN4O2/c1-2-23-15(22)21-5-3-10(4-6-21)18-14-19-12-8-9(16)7-11(17)13(12)20-14/h7-8,10,14,18-20H,2-6H2,1H3. The number of rotatable bonds is 3. The van der Waals surface area contributed by atoms with E-state index in [0.717, 1.165) is 45.9 Å². The number of nitrogens with one attached hydrogen (secondary N) is 3. The number of nitrogens with zero attached hydrogens (tertiary/aromatic N) is 1. The summed E-state index contributed by atoms with van der Waals surface area (Å²) in [6.45, 7) is 3.69. The van der Waals surface area contributed by atoms with E-state index in [1.807, 2.05) is 19.1 Å². The molecular weight excluding hydrogens is 431 g/mol. The van der Waals surface area contributed by atoms with Gasteiger partial charge in [-0.25, -0.2) is 4.79 Å². The van der Waals surface area contributed by atoms with E-state index in [0.29, 0.717) is 12.6 Å². The Morgan fingerprint density at radius 3 is 2.87 bits per heavy atom. The second kappa shape index (κ2) is 7.31. The lowest BCUT2D eigenvalue weighted by Gasteiger charge is -2.33. The average molecular weight is 451 g/mol. The molecule has 1 unspecified atom stereocenters. The van der Waals surface area contributed by atoms with E-state index in [9.17, 15) is 4.79 Å². The number of anilines is 2. The first-order chi connectivity index (χ1) is 11.1. The highest BCUT2D eigenvalue weighted by molar-refractivity contribution is 14.1. The van der Waals surface area contributed by atoms with Gasteiger partial charge in [0, 0.05) is 27.7 Å². The Morgan fingerprint density at radius 1 is 1.43 bits per heavy atom. The van der Waals surface area contributed by atoms with E-state index < -0.39 is 0 Å². The number of likely N-dealkylation sites (tertiary alicyclic amines) is 1. The molecule has 3 N–H and O–H groups in total. The van der Waals surface area contributed by atoms with Gasteiger partial charge in [-0.1, -0.05) is 11.6 Å². The first kappa shape index (κ1) is 16.9. The van der Waals surface area contributed by atoms with E-state index in [4.69, 9.17) is 16.3 Å². The number of hydrogen-bond donors (Lipinski definition) is 3. The zero-order valence-electron chi connectivity index (χ0n) is 12.9. The van der Waals surface area contributed by atoms with Crippen molar-refractivity contribution in [2.24, 2.45) is 0 Å². The molecule has 1 amide bonds. The Kier molecular flexibility index (Phi) is 5.38. The fraction of sp³-hybridized carbons (Fsp3) is 0.533. The van der Waals surface area contributed by atoms with Crippen molar-refractivity contribution in [2.75, 3.05) is 30.3 Å². The quantitative estimate of drug-likeness (QED) is 0.617. The summed E-state index contributed by atoms with van der Waals surface area (Å²) in [6, 6.07) is 4.22. The van der Waals surface area contributed by atoms with Crippen molar-refractivity contribution in [1.82, 2.24) is 10.2 Å². The van der Waals surface area contributed by atoms with Crippen LogP contribution >= 0.6 is 34.2 Å². The highest BCUT2D eigenvalue weighted by atomic mass is 127. The van der Waals surface area contributed by atoms with Crippen LogP contribution in [0, 0.1) is 3.57 Å². The number of carbonyl (C=O) groups excluding carboxylic acids is 1. The Bertz CT molecular complexity index is 593. The van der Waals surface area contributed by atoms with Crippen LogP contribution in [-0.4, -0.2) is 43.0 Å². The fourth-order valence-electron chi connectivity index (χ4n) is 2.93. The minimum absolute atomic E-state index is 0.0175. The number of fused-ring (bicyclic) bond motifs is 1. The van der Waals surface area contributed by atoms with Crippen molar-refractivity contribution in [1.29, 1.82) is 0 Å². The number of benzene rings is 1. The second-order valence-electron chi connectivity index (χ2n) is 5.66. The number of piperidine rings is 1. The molecule has 1 aromatic rings. The highest BCUT2D eigenvalue weighted by Crippen LogP contribution is 2.35. The third kappa shape index (κ3) is 3.95. The first-order valence-electron chi connectivity index (χ1n) is 7.76. The van der Waals surface area contributed by atoms with Gasteiger partial charge in [-0.2, -0.15) is 0 Å². The van der Waals surface area contributed by atoms with Gasteiger partial charge < -0.3 is 20.3 Å². The summed E-state index contributed by atoms with van der Waals surface area (Å²) < 4.78 is 6.14. The molecule has 2 aliphatic rings. The molecule has 3 rings (SSSR count). The Labute approximate surface area is 154 Å². The van der Waals surface area contributed by atoms with Crippen LogP contribution in [0.3, 0.4) is 0 Å². The van der Waals surface area contributed by atoms with Gasteiger partial charge in [0.1, 0.15) is 0 Å². The number of amides is 1. The smallest absolute Gasteiger partial charge is 0.409 e. The Balaban J connectivity index is 1.51.